The van der Waals surface area contributed by atoms with Gasteiger partial charge in [0.1, 0.15) is 0 Å². The first-order valence-corrected chi connectivity index (χ1v) is 5.05. The Morgan fingerprint density at radius 3 is 2.33 bits per heavy atom. The van der Waals surface area contributed by atoms with E-state index in [0.29, 0.717) is 5.11 Å². The van der Waals surface area contributed by atoms with Crippen LogP contribution in [0.1, 0.15) is 0 Å². The second-order valence-electron chi connectivity index (χ2n) is 3.37. The standard InChI is InChI=1S/C11H15N3S/c1-13(2)11(15)12-9-14(3)10-7-5-4-6-8-10/h4-9H,1-3H3. The van der Waals surface area contributed by atoms with Crippen LogP contribution in [0, 0.1) is 0 Å². The average molecular weight is 221 g/mol. The van der Waals surface area contributed by atoms with E-state index in [4.69, 9.17) is 12.2 Å². The highest BCUT2D eigenvalue weighted by Gasteiger charge is 1.97. The molecule has 4 heteroatoms. The SMILES string of the molecule is CN(C)C(=S)N=CN(C)c1ccccc1. The number of hydrogen-bond donors (Lipinski definition) is 0. The first kappa shape index (κ1) is 11.7. The Bertz CT molecular complexity index is 346. The van der Waals surface area contributed by atoms with Gasteiger partial charge < -0.3 is 9.80 Å². The fourth-order valence-electron chi connectivity index (χ4n) is 0.981. The number of para-hydroxylation sites is 1. The van der Waals surface area contributed by atoms with Crippen LogP contribution in [0.4, 0.5) is 5.69 Å². The van der Waals surface area contributed by atoms with Gasteiger partial charge in [0.25, 0.3) is 0 Å². The zero-order valence-electron chi connectivity index (χ0n) is 9.21. The van der Waals surface area contributed by atoms with Gasteiger partial charge in [-0.15, -0.1) is 0 Å². The molecule has 0 aromatic heterocycles. The minimum atomic E-state index is 0.567. The molecule has 0 N–H and O–H groups in total. The van der Waals surface area contributed by atoms with Crippen LogP contribution >= 0.6 is 12.2 Å². The summed E-state index contributed by atoms with van der Waals surface area (Å²) in [4.78, 5) is 7.88. The lowest BCUT2D eigenvalue weighted by atomic mass is 10.3. The molecule has 1 aromatic rings. The average Bonchev–Trinajstić information content (AvgIpc) is 2.26. The molecule has 0 heterocycles. The van der Waals surface area contributed by atoms with E-state index in [1.165, 1.54) is 0 Å². The molecule has 1 rings (SSSR count). The predicted octanol–water partition coefficient (Wildman–Crippen LogP) is 2.00. The number of hydrogen-bond acceptors (Lipinski definition) is 1. The summed E-state index contributed by atoms with van der Waals surface area (Å²) < 4.78 is 0. The van der Waals surface area contributed by atoms with Crippen molar-refractivity contribution in [3.05, 3.63) is 30.3 Å². The van der Waals surface area contributed by atoms with Crippen molar-refractivity contribution in [1.82, 2.24) is 4.90 Å². The summed E-state index contributed by atoms with van der Waals surface area (Å²) in [6.45, 7) is 0. The molecule has 15 heavy (non-hydrogen) atoms. The number of rotatable bonds is 2. The number of aliphatic imine (C=N–C) groups is 1. The number of benzene rings is 1. The van der Waals surface area contributed by atoms with E-state index in [1.807, 2.05) is 56.4 Å². The summed E-state index contributed by atoms with van der Waals surface area (Å²) >= 11 is 5.05. The van der Waals surface area contributed by atoms with E-state index < -0.39 is 0 Å². The molecule has 3 nitrogen and oxygen atoms in total. The van der Waals surface area contributed by atoms with Crippen LogP contribution < -0.4 is 4.90 Å². The fourth-order valence-corrected chi connectivity index (χ4v) is 1.03. The quantitative estimate of drug-likeness (QED) is 0.432. The molecule has 0 fully saturated rings. The smallest absolute Gasteiger partial charge is 0.196 e. The van der Waals surface area contributed by atoms with Crippen LogP contribution in [0.5, 0.6) is 0 Å². The van der Waals surface area contributed by atoms with Crippen molar-refractivity contribution in [1.29, 1.82) is 0 Å². The minimum absolute atomic E-state index is 0.567. The molecule has 0 bridgehead atoms. The van der Waals surface area contributed by atoms with E-state index in [9.17, 15) is 0 Å². The first-order valence-electron chi connectivity index (χ1n) is 4.64. The summed E-state index contributed by atoms with van der Waals surface area (Å²) in [5.41, 5.74) is 1.09. The maximum absolute atomic E-state index is 5.05. The molecule has 0 spiro atoms. The lowest BCUT2D eigenvalue weighted by Crippen LogP contribution is -2.21. The predicted molar refractivity (Wildman–Crippen MR) is 69.6 cm³/mol. The van der Waals surface area contributed by atoms with Gasteiger partial charge in [0.15, 0.2) is 5.11 Å². The monoisotopic (exact) mass is 221 g/mol. The number of nitrogens with zero attached hydrogens (tertiary/aromatic N) is 3. The van der Waals surface area contributed by atoms with E-state index in [2.05, 4.69) is 4.99 Å². The van der Waals surface area contributed by atoms with Crippen LogP contribution in [0.3, 0.4) is 0 Å². The van der Waals surface area contributed by atoms with Crippen LogP contribution in [-0.4, -0.2) is 37.5 Å². The van der Waals surface area contributed by atoms with Gasteiger partial charge in [-0.3, -0.25) is 0 Å². The summed E-state index contributed by atoms with van der Waals surface area (Å²) in [5.74, 6) is 0. The van der Waals surface area contributed by atoms with Gasteiger partial charge in [-0.25, -0.2) is 4.99 Å². The van der Waals surface area contributed by atoms with Crippen LogP contribution in [0.2, 0.25) is 0 Å². The Hall–Kier alpha value is -1.42. The zero-order valence-corrected chi connectivity index (χ0v) is 10.0. The Kier molecular flexibility index (Phi) is 4.24. The van der Waals surface area contributed by atoms with Crippen molar-refractivity contribution in [2.24, 2.45) is 4.99 Å². The third kappa shape index (κ3) is 3.67. The maximum Gasteiger partial charge on any atom is 0.196 e. The van der Waals surface area contributed by atoms with Crippen molar-refractivity contribution in [2.75, 3.05) is 26.0 Å². The summed E-state index contributed by atoms with van der Waals surface area (Å²) in [6, 6.07) is 10.0. The van der Waals surface area contributed by atoms with Crippen LogP contribution in [-0.2, 0) is 0 Å². The largest absolute Gasteiger partial charge is 0.354 e. The molecule has 0 aliphatic rings. The van der Waals surface area contributed by atoms with Gasteiger partial charge >= 0.3 is 0 Å². The van der Waals surface area contributed by atoms with Gasteiger partial charge in [-0.05, 0) is 24.4 Å². The molecule has 0 aliphatic carbocycles. The van der Waals surface area contributed by atoms with Gasteiger partial charge in [0.05, 0.1) is 6.34 Å². The normalized spacial score (nSPS) is 10.3. The Morgan fingerprint density at radius 1 is 1.20 bits per heavy atom. The molecular weight excluding hydrogens is 206 g/mol. The van der Waals surface area contributed by atoms with Crippen LogP contribution in [0.25, 0.3) is 0 Å². The van der Waals surface area contributed by atoms with Crippen LogP contribution in [0.15, 0.2) is 35.3 Å². The third-order valence-electron chi connectivity index (χ3n) is 1.89. The van der Waals surface area contributed by atoms with E-state index in [-0.39, 0.29) is 0 Å². The van der Waals surface area contributed by atoms with Crippen molar-refractivity contribution in [3.8, 4) is 0 Å². The lowest BCUT2D eigenvalue weighted by molar-refractivity contribution is 0.629. The summed E-state index contributed by atoms with van der Waals surface area (Å²) in [5, 5.41) is 0.567. The molecular formula is C11H15N3S. The van der Waals surface area contributed by atoms with E-state index in [0.717, 1.165) is 5.69 Å². The van der Waals surface area contributed by atoms with E-state index >= 15 is 0 Å². The van der Waals surface area contributed by atoms with Crippen molar-refractivity contribution < 1.29 is 0 Å². The highest BCUT2D eigenvalue weighted by atomic mass is 32.1. The van der Waals surface area contributed by atoms with Gasteiger partial charge in [0.2, 0.25) is 0 Å². The molecule has 1 aromatic carbocycles. The fraction of sp³-hybridized carbons (Fsp3) is 0.273. The highest BCUT2D eigenvalue weighted by Crippen LogP contribution is 2.08. The second kappa shape index (κ2) is 5.46. The molecule has 0 saturated heterocycles. The number of thiocarbonyl (C=S) groups is 1. The lowest BCUT2D eigenvalue weighted by Gasteiger charge is -2.14. The molecule has 0 aliphatic heterocycles. The molecule has 0 unspecified atom stereocenters. The number of anilines is 1. The summed E-state index contributed by atoms with van der Waals surface area (Å²) in [6.07, 6.45) is 1.72. The maximum atomic E-state index is 5.05. The molecule has 0 radical (unpaired) electrons. The molecule has 80 valence electrons. The minimum Gasteiger partial charge on any atom is -0.354 e. The van der Waals surface area contributed by atoms with Gasteiger partial charge in [-0.1, -0.05) is 18.2 Å². The molecule has 0 atom stereocenters. The summed E-state index contributed by atoms with van der Waals surface area (Å²) in [7, 11) is 5.70. The topological polar surface area (TPSA) is 18.8 Å². The Labute approximate surface area is 96.0 Å². The van der Waals surface area contributed by atoms with Crippen molar-refractivity contribution >= 4 is 29.4 Å². The van der Waals surface area contributed by atoms with E-state index in [1.54, 1.807) is 11.2 Å². The molecule has 0 amide bonds. The highest BCUT2D eigenvalue weighted by molar-refractivity contribution is 7.80. The third-order valence-corrected chi connectivity index (χ3v) is 2.36. The Morgan fingerprint density at radius 2 is 1.80 bits per heavy atom. The second-order valence-corrected chi connectivity index (χ2v) is 3.73. The van der Waals surface area contributed by atoms with Crippen molar-refractivity contribution in [2.45, 2.75) is 0 Å². The van der Waals surface area contributed by atoms with Gasteiger partial charge in [0, 0.05) is 26.8 Å². The zero-order chi connectivity index (χ0) is 11.3. The Balaban J connectivity index is 2.64. The first-order chi connectivity index (χ1) is 7.11. The molecule has 0 saturated carbocycles. The van der Waals surface area contributed by atoms with Crippen molar-refractivity contribution in [3.63, 3.8) is 0 Å². The van der Waals surface area contributed by atoms with Gasteiger partial charge in [-0.2, -0.15) is 0 Å².